The van der Waals surface area contributed by atoms with Crippen LogP contribution in [-0.4, -0.2) is 25.4 Å². The molecule has 18 heavy (non-hydrogen) atoms. The summed E-state index contributed by atoms with van der Waals surface area (Å²) in [5.41, 5.74) is 8.26. The third kappa shape index (κ3) is 2.51. The fourth-order valence-electron chi connectivity index (χ4n) is 2.26. The molecular formula is C13H17N3O2. The molecule has 1 aromatic rings. The van der Waals surface area contributed by atoms with Crippen molar-refractivity contribution in [1.29, 1.82) is 0 Å². The highest BCUT2D eigenvalue weighted by atomic mass is 16.2. The highest BCUT2D eigenvalue weighted by Gasteiger charge is 2.25. The van der Waals surface area contributed by atoms with Crippen molar-refractivity contribution in [3.8, 4) is 0 Å². The number of nitrogens with two attached hydrogens (primary N) is 1. The molecule has 1 aliphatic rings. The molecule has 2 amide bonds. The van der Waals surface area contributed by atoms with Gasteiger partial charge < -0.3 is 16.0 Å². The number of anilines is 1. The third-order valence-corrected chi connectivity index (χ3v) is 3.04. The van der Waals surface area contributed by atoms with Gasteiger partial charge in [0.15, 0.2) is 0 Å². The monoisotopic (exact) mass is 247 g/mol. The van der Waals surface area contributed by atoms with Crippen molar-refractivity contribution in [3.05, 3.63) is 29.3 Å². The van der Waals surface area contributed by atoms with Crippen LogP contribution in [0.2, 0.25) is 0 Å². The molecule has 5 nitrogen and oxygen atoms in total. The van der Waals surface area contributed by atoms with Gasteiger partial charge in [-0.15, -0.1) is 0 Å². The molecule has 0 radical (unpaired) electrons. The number of carbonyl (C=O) groups is 2. The number of nitrogens with one attached hydrogen (secondary N) is 1. The Morgan fingerprint density at radius 1 is 1.44 bits per heavy atom. The van der Waals surface area contributed by atoms with E-state index in [1.165, 1.54) is 10.5 Å². The van der Waals surface area contributed by atoms with Crippen molar-refractivity contribution in [2.24, 2.45) is 5.73 Å². The van der Waals surface area contributed by atoms with E-state index in [1.807, 2.05) is 19.2 Å². The maximum atomic E-state index is 11.8. The van der Waals surface area contributed by atoms with Crippen molar-refractivity contribution in [1.82, 2.24) is 5.32 Å². The fourth-order valence-corrected chi connectivity index (χ4v) is 2.26. The average molecular weight is 247 g/mol. The molecule has 0 aromatic heterocycles. The first-order chi connectivity index (χ1) is 8.61. The number of amides is 2. The zero-order chi connectivity index (χ0) is 13.1. The summed E-state index contributed by atoms with van der Waals surface area (Å²) >= 11 is 0. The molecular weight excluding hydrogens is 230 g/mol. The quantitative estimate of drug-likeness (QED) is 0.796. The van der Waals surface area contributed by atoms with Crippen LogP contribution in [0.3, 0.4) is 0 Å². The molecule has 0 spiro atoms. The van der Waals surface area contributed by atoms with Gasteiger partial charge in [0.05, 0.1) is 0 Å². The van der Waals surface area contributed by atoms with Crippen LogP contribution in [0.15, 0.2) is 18.2 Å². The van der Waals surface area contributed by atoms with Crippen LogP contribution in [0.5, 0.6) is 0 Å². The Hall–Kier alpha value is -1.88. The van der Waals surface area contributed by atoms with E-state index in [0.29, 0.717) is 6.42 Å². The smallest absolute Gasteiger partial charge is 0.237 e. The summed E-state index contributed by atoms with van der Waals surface area (Å²) in [4.78, 5) is 24.3. The van der Waals surface area contributed by atoms with Crippen LogP contribution in [0.25, 0.3) is 0 Å². The van der Waals surface area contributed by atoms with E-state index in [2.05, 4.69) is 11.4 Å². The standard InChI is InChI=1S/C13H17N3O2/c1-15-7-9-2-4-11-10(6-9)3-5-13(18)16(11)8-12(14)17/h2,4,6,15H,3,5,7-8H2,1H3,(H2,14,17). The first-order valence-corrected chi connectivity index (χ1v) is 5.97. The van der Waals surface area contributed by atoms with E-state index in [0.717, 1.165) is 24.2 Å². The fraction of sp³-hybridized carbons (Fsp3) is 0.385. The number of hydrogen-bond donors (Lipinski definition) is 2. The topological polar surface area (TPSA) is 75.4 Å². The third-order valence-electron chi connectivity index (χ3n) is 3.04. The summed E-state index contributed by atoms with van der Waals surface area (Å²) in [6.07, 6.45) is 1.16. The zero-order valence-corrected chi connectivity index (χ0v) is 10.4. The van der Waals surface area contributed by atoms with Crippen LogP contribution in [-0.2, 0) is 22.6 Å². The lowest BCUT2D eigenvalue weighted by Gasteiger charge is -2.28. The van der Waals surface area contributed by atoms with Gasteiger partial charge in [-0.1, -0.05) is 12.1 Å². The van der Waals surface area contributed by atoms with E-state index in [9.17, 15) is 9.59 Å². The SMILES string of the molecule is CNCc1ccc2c(c1)CCC(=O)N2CC(N)=O. The van der Waals surface area contributed by atoms with Crippen molar-refractivity contribution >= 4 is 17.5 Å². The molecule has 0 atom stereocenters. The largest absolute Gasteiger partial charge is 0.368 e. The average Bonchev–Trinajstić information content (AvgIpc) is 2.33. The van der Waals surface area contributed by atoms with E-state index in [1.54, 1.807) is 0 Å². The lowest BCUT2D eigenvalue weighted by atomic mass is 9.98. The minimum Gasteiger partial charge on any atom is -0.368 e. The summed E-state index contributed by atoms with van der Waals surface area (Å²) in [6, 6.07) is 5.93. The minimum absolute atomic E-state index is 0.0392. The van der Waals surface area contributed by atoms with E-state index in [-0.39, 0.29) is 12.5 Å². The van der Waals surface area contributed by atoms with Crippen LogP contribution in [0.1, 0.15) is 17.5 Å². The normalized spacial score (nSPS) is 14.5. The van der Waals surface area contributed by atoms with Crippen LogP contribution in [0, 0.1) is 0 Å². The predicted molar refractivity (Wildman–Crippen MR) is 69.1 cm³/mol. The van der Waals surface area contributed by atoms with Crippen molar-refractivity contribution in [2.45, 2.75) is 19.4 Å². The van der Waals surface area contributed by atoms with E-state index >= 15 is 0 Å². The van der Waals surface area contributed by atoms with Gasteiger partial charge in [0, 0.05) is 18.7 Å². The molecule has 1 aromatic carbocycles. The minimum atomic E-state index is -0.490. The molecule has 2 rings (SSSR count). The summed E-state index contributed by atoms with van der Waals surface area (Å²) < 4.78 is 0. The molecule has 0 bridgehead atoms. The molecule has 3 N–H and O–H groups in total. The Labute approximate surface area is 106 Å². The van der Waals surface area contributed by atoms with Crippen LogP contribution in [0.4, 0.5) is 5.69 Å². The highest BCUT2D eigenvalue weighted by molar-refractivity contribution is 6.00. The predicted octanol–water partition coefficient (Wildman–Crippen LogP) is 0.170. The first-order valence-electron chi connectivity index (χ1n) is 5.97. The molecule has 1 aliphatic heterocycles. The second-order valence-corrected chi connectivity index (χ2v) is 4.44. The van der Waals surface area contributed by atoms with Crippen LogP contribution < -0.4 is 16.0 Å². The molecule has 1 heterocycles. The molecule has 0 unspecified atom stereocenters. The van der Waals surface area contributed by atoms with Gasteiger partial charge in [0.1, 0.15) is 6.54 Å². The van der Waals surface area contributed by atoms with E-state index < -0.39 is 5.91 Å². The Morgan fingerprint density at radius 3 is 2.89 bits per heavy atom. The van der Waals surface area contributed by atoms with Crippen molar-refractivity contribution < 1.29 is 9.59 Å². The first kappa shape index (κ1) is 12.6. The molecule has 96 valence electrons. The summed E-state index contributed by atoms with van der Waals surface area (Å²) in [6.45, 7) is 0.744. The van der Waals surface area contributed by atoms with Gasteiger partial charge in [-0.3, -0.25) is 9.59 Å². The summed E-state index contributed by atoms with van der Waals surface area (Å²) in [5.74, 6) is -0.529. The lowest BCUT2D eigenvalue weighted by Crippen LogP contribution is -2.41. The van der Waals surface area contributed by atoms with Crippen molar-refractivity contribution in [3.63, 3.8) is 0 Å². The van der Waals surface area contributed by atoms with Gasteiger partial charge in [-0.05, 0) is 30.7 Å². The Balaban J connectivity index is 2.32. The molecule has 0 saturated heterocycles. The van der Waals surface area contributed by atoms with Gasteiger partial charge in [-0.25, -0.2) is 0 Å². The second-order valence-electron chi connectivity index (χ2n) is 4.44. The lowest BCUT2D eigenvalue weighted by molar-refractivity contribution is -0.122. The van der Waals surface area contributed by atoms with Crippen LogP contribution >= 0.6 is 0 Å². The number of fused-ring (bicyclic) bond motifs is 1. The highest BCUT2D eigenvalue weighted by Crippen LogP contribution is 2.28. The number of benzene rings is 1. The van der Waals surface area contributed by atoms with Gasteiger partial charge >= 0.3 is 0 Å². The summed E-state index contributed by atoms with van der Waals surface area (Å²) in [7, 11) is 1.89. The molecule has 0 aliphatic carbocycles. The second kappa shape index (κ2) is 5.18. The van der Waals surface area contributed by atoms with Gasteiger partial charge in [-0.2, -0.15) is 0 Å². The number of primary amides is 1. The number of rotatable bonds is 4. The Morgan fingerprint density at radius 2 is 2.22 bits per heavy atom. The maximum absolute atomic E-state index is 11.8. The molecule has 0 fully saturated rings. The Bertz CT molecular complexity index is 485. The maximum Gasteiger partial charge on any atom is 0.237 e. The molecule has 0 saturated carbocycles. The van der Waals surface area contributed by atoms with E-state index in [4.69, 9.17) is 5.73 Å². The molecule has 5 heteroatoms. The van der Waals surface area contributed by atoms with Crippen molar-refractivity contribution in [2.75, 3.05) is 18.5 Å². The zero-order valence-electron chi connectivity index (χ0n) is 10.4. The summed E-state index contributed by atoms with van der Waals surface area (Å²) in [5, 5.41) is 3.09. The van der Waals surface area contributed by atoms with Gasteiger partial charge in [0.2, 0.25) is 11.8 Å². The number of aryl methyl sites for hydroxylation is 1. The number of carbonyl (C=O) groups excluding carboxylic acids is 2. The Kier molecular flexibility index (Phi) is 3.62. The number of nitrogens with zero attached hydrogens (tertiary/aromatic N) is 1. The number of hydrogen-bond acceptors (Lipinski definition) is 3. The van der Waals surface area contributed by atoms with Gasteiger partial charge in [0.25, 0.3) is 0 Å².